The summed E-state index contributed by atoms with van der Waals surface area (Å²) in [6.07, 6.45) is 6.72. The number of alkyl halides is 1. The first-order valence-electron chi connectivity index (χ1n) is 6.61. The molecule has 0 aliphatic heterocycles. The molecule has 0 saturated carbocycles. The Morgan fingerprint density at radius 1 is 1.24 bits per heavy atom. The largest absolute Gasteiger partial charge is 0.411 e. The van der Waals surface area contributed by atoms with Crippen LogP contribution in [0.1, 0.15) is 46.5 Å². The summed E-state index contributed by atoms with van der Waals surface area (Å²) >= 11 is 5.67. The molecule has 1 nitrogen and oxygen atoms in total. The first-order valence-corrected chi connectivity index (χ1v) is 10.0. The molecule has 0 spiro atoms. The molecule has 0 radical (unpaired) electrons. The van der Waals surface area contributed by atoms with Gasteiger partial charge < -0.3 is 4.43 Å². The van der Waals surface area contributed by atoms with E-state index < -0.39 is 8.32 Å². The van der Waals surface area contributed by atoms with Gasteiger partial charge in [-0.25, -0.2) is 0 Å². The van der Waals surface area contributed by atoms with Gasteiger partial charge in [0.25, 0.3) is 0 Å². The molecule has 0 fully saturated rings. The quantitative estimate of drug-likeness (QED) is 0.251. The van der Waals surface area contributed by atoms with Gasteiger partial charge in [0.05, 0.1) is 6.10 Å². The molecule has 1 unspecified atom stereocenters. The average Bonchev–Trinajstić information content (AvgIpc) is 2.20. The molecule has 1 atom stereocenters. The summed E-state index contributed by atoms with van der Waals surface area (Å²) < 4.78 is 6.32. The lowest BCUT2D eigenvalue weighted by Gasteiger charge is -2.38. The number of hydrogen-bond acceptors (Lipinski definition) is 1. The van der Waals surface area contributed by atoms with Crippen molar-refractivity contribution in [3.63, 3.8) is 0 Å². The Kier molecular flexibility index (Phi) is 7.69. The van der Waals surface area contributed by atoms with Gasteiger partial charge in [-0.3, -0.25) is 0 Å². The van der Waals surface area contributed by atoms with Crippen LogP contribution in [0.25, 0.3) is 0 Å². The van der Waals surface area contributed by atoms with Crippen molar-refractivity contribution < 1.29 is 4.43 Å². The molecular formula is C14H29ClOSi. The second kappa shape index (κ2) is 7.60. The van der Waals surface area contributed by atoms with E-state index in [0.29, 0.717) is 0 Å². The van der Waals surface area contributed by atoms with E-state index in [-0.39, 0.29) is 11.1 Å². The van der Waals surface area contributed by atoms with Crippen LogP contribution in [0.5, 0.6) is 0 Å². The van der Waals surface area contributed by atoms with E-state index >= 15 is 0 Å². The maximum Gasteiger partial charge on any atom is 0.192 e. The third-order valence-electron chi connectivity index (χ3n) is 3.64. The van der Waals surface area contributed by atoms with Crippen molar-refractivity contribution in [1.82, 2.24) is 0 Å². The second-order valence-corrected chi connectivity index (χ2v) is 11.3. The Labute approximate surface area is 114 Å². The summed E-state index contributed by atoms with van der Waals surface area (Å²) in [6.45, 7) is 15.3. The third-order valence-corrected chi connectivity index (χ3v) is 8.41. The molecule has 0 aliphatic carbocycles. The van der Waals surface area contributed by atoms with Crippen LogP contribution in [0.3, 0.4) is 0 Å². The van der Waals surface area contributed by atoms with E-state index in [2.05, 4.69) is 40.4 Å². The summed E-state index contributed by atoms with van der Waals surface area (Å²) in [5.74, 6) is 0.766. The van der Waals surface area contributed by atoms with Crippen LogP contribution < -0.4 is 0 Å². The molecular weight excluding hydrogens is 248 g/mol. The highest BCUT2D eigenvalue weighted by molar-refractivity contribution is 6.74. The topological polar surface area (TPSA) is 9.23 Å². The fourth-order valence-corrected chi connectivity index (χ4v) is 2.91. The Balaban J connectivity index is 4.17. The van der Waals surface area contributed by atoms with Gasteiger partial charge in [0, 0.05) is 5.88 Å². The molecule has 0 heterocycles. The first-order chi connectivity index (χ1) is 7.74. The summed E-state index contributed by atoms with van der Waals surface area (Å²) in [5, 5.41) is 0.268. The van der Waals surface area contributed by atoms with Gasteiger partial charge in [0.1, 0.15) is 0 Å². The molecule has 3 heteroatoms. The van der Waals surface area contributed by atoms with Crippen LogP contribution in [0.15, 0.2) is 12.7 Å². The van der Waals surface area contributed by atoms with Crippen LogP contribution in [0.2, 0.25) is 18.1 Å². The average molecular weight is 277 g/mol. The van der Waals surface area contributed by atoms with E-state index in [4.69, 9.17) is 16.0 Å². The van der Waals surface area contributed by atoms with E-state index in [1.807, 2.05) is 6.08 Å². The molecule has 0 aromatic heterocycles. The summed E-state index contributed by atoms with van der Waals surface area (Å²) in [6, 6.07) is 0. The van der Waals surface area contributed by atoms with Crippen LogP contribution >= 0.6 is 11.6 Å². The molecule has 17 heavy (non-hydrogen) atoms. The Hall–Kier alpha value is 0.207. The van der Waals surface area contributed by atoms with Crippen LogP contribution in [0.4, 0.5) is 0 Å². The zero-order chi connectivity index (χ0) is 13.5. The molecule has 0 aromatic carbocycles. The molecule has 0 rings (SSSR count). The normalized spacial score (nSPS) is 14.7. The SMILES string of the molecule is C=CC(CCCCCCl)O[Si](C)(C)C(C)(C)C. The van der Waals surface area contributed by atoms with Crippen molar-refractivity contribution in [1.29, 1.82) is 0 Å². The third kappa shape index (κ3) is 6.63. The highest BCUT2D eigenvalue weighted by Crippen LogP contribution is 2.37. The Bertz CT molecular complexity index is 221. The first kappa shape index (κ1) is 17.2. The molecule has 0 saturated heterocycles. The van der Waals surface area contributed by atoms with E-state index in [1.165, 1.54) is 12.8 Å². The molecule has 102 valence electrons. The van der Waals surface area contributed by atoms with Crippen molar-refractivity contribution in [3.8, 4) is 0 Å². The number of halogens is 1. The Morgan fingerprint density at radius 3 is 2.24 bits per heavy atom. The minimum atomic E-state index is -1.65. The molecule has 0 aliphatic rings. The maximum absolute atomic E-state index is 6.32. The number of rotatable bonds is 8. The standard InChI is InChI=1S/C14H29ClOSi/c1-7-13(11-9-8-10-12-15)16-17(5,6)14(2,3)4/h7,13H,1,8-12H2,2-6H3. The van der Waals surface area contributed by atoms with Gasteiger partial charge in [-0.2, -0.15) is 0 Å². The smallest absolute Gasteiger partial charge is 0.192 e. The highest BCUT2D eigenvalue weighted by atomic mass is 35.5. The Morgan fingerprint density at radius 2 is 1.82 bits per heavy atom. The van der Waals surface area contributed by atoms with E-state index in [0.717, 1.165) is 18.7 Å². The number of hydrogen-bond donors (Lipinski definition) is 0. The van der Waals surface area contributed by atoms with Crippen molar-refractivity contribution in [2.24, 2.45) is 0 Å². The van der Waals surface area contributed by atoms with Crippen molar-refractivity contribution in [3.05, 3.63) is 12.7 Å². The monoisotopic (exact) mass is 276 g/mol. The van der Waals surface area contributed by atoms with E-state index in [1.54, 1.807) is 0 Å². The molecule has 0 amide bonds. The van der Waals surface area contributed by atoms with Crippen molar-refractivity contribution in [2.45, 2.75) is 70.7 Å². The summed E-state index contributed by atoms with van der Waals surface area (Å²) in [5.41, 5.74) is 0. The minimum absolute atomic E-state index is 0.214. The lowest BCUT2D eigenvalue weighted by atomic mass is 10.1. The summed E-state index contributed by atoms with van der Waals surface area (Å²) in [4.78, 5) is 0. The lowest BCUT2D eigenvalue weighted by molar-refractivity contribution is 0.211. The highest BCUT2D eigenvalue weighted by Gasteiger charge is 2.38. The minimum Gasteiger partial charge on any atom is -0.411 e. The predicted octanol–water partition coefficient (Wildman–Crippen LogP) is 5.36. The van der Waals surface area contributed by atoms with Gasteiger partial charge in [-0.15, -0.1) is 18.2 Å². The lowest BCUT2D eigenvalue weighted by Crippen LogP contribution is -2.43. The van der Waals surface area contributed by atoms with Gasteiger partial charge in [0.2, 0.25) is 0 Å². The van der Waals surface area contributed by atoms with Crippen molar-refractivity contribution in [2.75, 3.05) is 5.88 Å². The molecule has 0 N–H and O–H groups in total. The van der Waals surface area contributed by atoms with Crippen LogP contribution in [-0.2, 0) is 4.43 Å². The van der Waals surface area contributed by atoms with E-state index in [9.17, 15) is 0 Å². The van der Waals surface area contributed by atoms with Crippen LogP contribution in [-0.4, -0.2) is 20.3 Å². The van der Waals surface area contributed by atoms with Gasteiger partial charge in [0.15, 0.2) is 8.32 Å². The van der Waals surface area contributed by atoms with Gasteiger partial charge in [-0.05, 0) is 31.0 Å². The second-order valence-electron chi connectivity index (χ2n) is 6.19. The fourth-order valence-electron chi connectivity index (χ4n) is 1.40. The maximum atomic E-state index is 6.32. The van der Waals surface area contributed by atoms with Gasteiger partial charge in [-0.1, -0.05) is 39.7 Å². The van der Waals surface area contributed by atoms with Crippen molar-refractivity contribution >= 4 is 19.9 Å². The zero-order valence-electron chi connectivity index (χ0n) is 12.2. The fraction of sp³-hybridized carbons (Fsp3) is 0.857. The summed E-state index contributed by atoms with van der Waals surface area (Å²) in [7, 11) is -1.65. The van der Waals surface area contributed by atoms with Crippen LogP contribution in [0, 0.1) is 0 Å². The molecule has 0 aromatic rings. The number of unbranched alkanes of at least 4 members (excludes halogenated alkanes) is 2. The zero-order valence-corrected chi connectivity index (χ0v) is 13.9. The van der Waals surface area contributed by atoms with Gasteiger partial charge >= 0.3 is 0 Å². The predicted molar refractivity (Wildman–Crippen MR) is 81.5 cm³/mol. The molecule has 0 bridgehead atoms.